The summed E-state index contributed by atoms with van der Waals surface area (Å²) >= 11 is 0. The van der Waals surface area contributed by atoms with E-state index in [9.17, 15) is 5.11 Å². The first-order chi connectivity index (χ1) is 6.61. The van der Waals surface area contributed by atoms with Gasteiger partial charge in [-0.3, -0.25) is 0 Å². The molecule has 0 aromatic heterocycles. The molecule has 0 radical (unpaired) electrons. The predicted molar refractivity (Wildman–Crippen MR) is 55.8 cm³/mol. The average molecular weight is 205 g/mol. The fourth-order valence-corrected chi connectivity index (χ4v) is 1.36. The second kappa shape index (κ2) is 8.17. The van der Waals surface area contributed by atoms with Crippen LogP contribution in [0.3, 0.4) is 0 Å². The Morgan fingerprint density at radius 2 is 1.86 bits per heavy atom. The number of aliphatic hydroxyl groups excluding tert-OH is 3. The Morgan fingerprint density at radius 1 is 1.21 bits per heavy atom. The lowest BCUT2D eigenvalue weighted by molar-refractivity contribution is 0.0547. The molecule has 0 aromatic carbocycles. The van der Waals surface area contributed by atoms with Crippen molar-refractivity contribution in [3.05, 3.63) is 0 Å². The molecule has 0 aliphatic carbocycles. The van der Waals surface area contributed by atoms with E-state index in [2.05, 4.69) is 6.92 Å². The average Bonchev–Trinajstić information content (AvgIpc) is 2.17. The zero-order chi connectivity index (χ0) is 11.0. The molecule has 0 spiro atoms. The van der Waals surface area contributed by atoms with Crippen molar-refractivity contribution < 1.29 is 15.3 Å². The first-order valence-electron chi connectivity index (χ1n) is 5.34. The molecule has 0 fully saturated rings. The number of unbranched alkanes of at least 4 members (excludes halogenated alkanes) is 2. The fraction of sp³-hybridized carbons (Fsp3) is 1.00. The summed E-state index contributed by atoms with van der Waals surface area (Å²) in [6, 6.07) is -0.436. The van der Waals surface area contributed by atoms with Gasteiger partial charge in [0.1, 0.15) is 0 Å². The Bertz CT molecular complexity index is 133. The van der Waals surface area contributed by atoms with E-state index in [0.29, 0.717) is 6.42 Å². The third kappa shape index (κ3) is 6.32. The topological polar surface area (TPSA) is 86.7 Å². The maximum absolute atomic E-state index is 9.57. The summed E-state index contributed by atoms with van der Waals surface area (Å²) in [4.78, 5) is 0. The second-order valence-corrected chi connectivity index (χ2v) is 3.80. The molecule has 86 valence electrons. The number of hydrogen-bond acceptors (Lipinski definition) is 4. The van der Waals surface area contributed by atoms with Crippen molar-refractivity contribution in [1.82, 2.24) is 0 Å². The first kappa shape index (κ1) is 13.8. The number of hydrogen-bond donors (Lipinski definition) is 4. The lowest BCUT2D eigenvalue weighted by Crippen LogP contribution is -2.38. The number of aliphatic hydroxyl groups is 3. The lowest BCUT2D eigenvalue weighted by atomic mass is 10.00. The van der Waals surface area contributed by atoms with Crippen LogP contribution in [0.15, 0.2) is 0 Å². The fourth-order valence-electron chi connectivity index (χ4n) is 1.36. The van der Waals surface area contributed by atoms with Crippen molar-refractivity contribution in [2.75, 3.05) is 6.61 Å². The van der Waals surface area contributed by atoms with Gasteiger partial charge in [-0.1, -0.05) is 26.2 Å². The van der Waals surface area contributed by atoms with Gasteiger partial charge in [-0.05, 0) is 12.8 Å². The largest absolute Gasteiger partial charge is 0.394 e. The van der Waals surface area contributed by atoms with Crippen LogP contribution in [-0.2, 0) is 0 Å². The van der Waals surface area contributed by atoms with Crippen molar-refractivity contribution in [3.63, 3.8) is 0 Å². The molecule has 0 saturated heterocycles. The van der Waals surface area contributed by atoms with Crippen LogP contribution in [0.4, 0.5) is 0 Å². The van der Waals surface area contributed by atoms with Crippen molar-refractivity contribution in [3.8, 4) is 0 Å². The highest BCUT2D eigenvalue weighted by atomic mass is 16.3. The van der Waals surface area contributed by atoms with Gasteiger partial charge in [0, 0.05) is 6.04 Å². The molecule has 0 aliphatic heterocycles. The summed E-state index contributed by atoms with van der Waals surface area (Å²) in [5.74, 6) is 0. The summed E-state index contributed by atoms with van der Waals surface area (Å²) in [5.41, 5.74) is 5.65. The molecule has 0 bridgehead atoms. The molecule has 4 heteroatoms. The summed E-state index contributed by atoms with van der Waals surface area (Å²) in [6.07, 6.45) is 2.71. The van der Waals surface area contributed by atoms with Gasteiger partial charge < -0.3 is 21.1 Å². The van der Waals surface area contributed by atoms with Crippen LogP contribution in [0, 0.1) is 0 Å². The summed E-state index contributed by atoms with van der Waals surface area (Å²) in [7, 11) is 0. The van der Waals surface area contributed by atoms with E-state index >= 15 is 0 Å². The van der Waals surface area contributed by atoms with E-state index in [1.54, 1.807) is 0 Å². The molecule has 0 unspecified atom stereocenters. The molecule has 14 heavy (non-hydrogen) atoms. The van der Waals surface area contributed by atoms with Gasteiger partial charge in [0.05, 0.1) is 18.8 Å². The molecule has 3 atom stereocenters. The van der Waals surface area contributed by atoms with Gasteiger partial charge in [0.15, 0.2) is 0 Å². The van der Waals surface area contributed by atoms with E-state index < -0.39 is 18.2 Å². The zero-order valence-corrected chi connectivity index (χ0v) is 8.89. The van der Waals surface area contributed by atoms with Crippen LogP contribution in [0.1, 0.15) is 39.0 Å². The third-order valence-electron chi connectivity index (χ3n) is 2.35. The Labute approximate surface area is 85.7 Å². The second-order valence-electron chi connectivity index (χ2n) is 3.80. The van der Waals surface area contributed by atoms with Gasteiger partial charge in [-0.25, -0.2) is 0 Å². The minimum absolute atomic E-state index is 0.254. The highest BCUT2D eigenvalue weighted by Gasteiger charge is 2.17. The predicted octanol–water partition coefficient (Wildman–Crippen LogP) is -0.00180. The van der Waals surface area contributed by atoms with Crippen LogP contribution in [0.2, 0.25) is 0 Å². The van der Waals surface area contributed by atoms with E-state index in [-0.39, 0.29) is 13.0 Å². The molecular formula is C10H23NO3. The summed E-state index contributed by atoms with van der Waals surface area (Å²) in [6.45, 7) is 1.80. The third-order valence-corrected chi connectivity index (χ3v) is 2.35. The molecule has 0 rings (SSSR count). The Hall–Kier alpha value is -0.160. The van der Waals surface area contributed by atoms with Crippen molar-refractivity contribution in [1.29, 1.82) is 0 Å². The van der Waals surface area contributed by atoms with Gasteiger partial charge in [-0.15, -0.1) is 0 Å². The number of nitrogens with two attached hydrogens (primary N) is 1. The van der Waals surface area contributed by atoms with Gasteiger partial charge >= 0.3 is 0 Å². The molecule has 0 heterocycles. The Kier molecular flexibility index (Phi) is 8.08. The minimum Gasteiger partial charge on any atom is -0.394 e. The first-order valence-corrected chi connectivity index (χ1v) is 5.34. The molecule has 0 aromatic rings. The SMILES string of the molecule is CCCCC[C@@H](O)[C@@H](N)C[C@H](O)CO. The maximum Gasteiger partial charge on any atom is 0.0786 e. The summed E-state index contributed by atoms with van der Waals surface area (Å²) in [5, 5.41) is 27.3. The lowest BCUT2D eigenvalue weighted by Gasteiger charge is -2.20. The van der Waals surface area contributed by atoms with Crippen LogP contribution in [0.25, 0.3) is 0 Å². The monoisotopic (exact) mass is 205 g/mol. The Balaban J connectivity index is 3.58. The Morgan fingerprint density at radius 3 is 2.36 bits per heavy atom. The summed E-state index contributed by atoms with van der Waals surface area (Å²) < 4.78 is 0. The molecule has 5 N–H and O–H groups in total. The van der Waals surface area contributed by atoms with E-state index in [0.717, 1.165) is 19.3 Å². The van der Waals surface area contributed by atoms with Crippen LogP contribution >= 0.6 is 0 Å². The van der Waals surface area contributed by atoms with Gasteiger partial charge in [0.2, 0.25) is 0 Å². The van der Waals surface area contributed by atoms with Gasteiger partial charge in [0.25, 0.3) is 0 Å². The van der Waals surface area contributed by atoms with Crippen LogP contribution in [-0.4, -0.2) is 40.2 Å². The molecule has 0 amide bonds. The highest BCUT2D eigenvalue weighted by molar-refractivity contribution is 4.74. The molecule has 0 aliphatic rings. The molecule has 4 nitrogen and oxygen atoms in total. The highest BCUT2D eigenvalue weighted by Crippen LogP contribution is 2.09. The van der Waals surface area contributed by atoms with Crippen molar-refractivity contribution in [2.45, 2.75) is 57.3 Å². The normalized spacial score (nSPS) is 17.8. The quantitative estimate of drug-likeness (QED) is 0.420. The van der Waals surface area contributed by atoms with Crippen LogP contribution in [0.5, 0.6) is 0 Å². The minimum atomic E-state index is -0.814. The van der Waals surface area contributed by atoms with Crippen molar-refractivity contribution >= 4 is 0 Å². The van der Waals surface area contributed by atoms with Crippen molar-refractivity contribution in [2.24, 2.45) is 5.73 Å². The smallest absolute Gasteiger partial charge is 0.0786 e. The van der Waals surface area contributed by atoms with Crippen LogP contribution < -0.4 is 5.73 Å². The van der Waals surface area contributed by atoms with Gasteiger partial charge in [-0.2, -0.15) is 0 Å². The van der Waals surface area contributed by atoms with E-state index in [4.69, 9.17) is 15.9 Å². The zero-order valence-electron chi connectivity index (χ0n) is 8.89. The van der Waals surface area contributed by atoms with E-state index in [1.807, 2.05) is 0 Å². The standard InChI is InChI=1S/C10H23NO3/c1-2-3-4-5-10(14)9(11)6-8(13)7-12/h8-10,12-14H,2-7,11H2,1H3/t8-,9-,10+/m0/s1. The molecule has 0 saturated carbocycles. The molecular weight excluding hydrogens is 182 g/mol. The van der Waals surface area contributed by atoms with E-state index in [1.165, 1.54) is 0 Å². The maximum atomic E-state index is 9.57. The number of rotatable bonds is 8.